The Labute approximate surface area is 112 Å². The van der Waals surface area contributed by atoms with Crippen molar-refractivity contribution in [1.82, 2.24) is 9.78 Å². The summed E-state index contributed by atoms with van der Waals surface area (Å²) in [6.45, 7) is 4.71. The number of rotatable bonds is 5. The molecule has 0 unspecified atom stereocenters. The third kappa shape index (κ3) is 3.54. The molecule has 0 saturated carbocycles. The molecule has 0 spiro atoms. The zero-order valence-corrected chi connectivity index (χ0v) is 11.1. The van der Waals surface area contributed by atoms with Crippen molar-refractivity contribution in [3.05, 3.63) is 47.5 Å². The van der Waals surface area contributed by atoms with E-state index >= 15 is 0 Å². The molecule has 1 heterocycles. The average molecular weight is 263 g/mol. The van der Waals surface area contributed by atoms with Crippen LogP contribution in [0.15, 0.2) is 30.5 Å². The van der Waals surface area contributed by atoms with E-state index in [0.29, 0.717) is 24.0 Å². The van der Waals surface area contributed by atoms with Crippen LogP contribution in [0.25, 0.3) is 0 Å². The highest BCUT2D eigenvalue weighted by atomic mass is 19.1. The first-order valence-electron chi connectivity index (χ1n) is 6.25. The SMILES string of the molecule is CC(C)n1ccc(COc2cc(F)cc(CN)c2)n1. The zero-order valence-electron chi connectivity index (χ0n) is 11.1. The minimum Gasteiger partial charge on any atom is -0.487 e. The molecule has 102 valence electrons. The summed E-state index contributed by atoms with van der Waals surface area (Å²) in [6, 6.07) is 6.69. The lowest BCUT2D eigenvalue weighted by atomic mass is 10.2. The molecule has 5 heteroatoms. The first kappa shape index (κ1) is 13.5. The predicted molar refractivity (Wildman–Crippen MR) is 71.2 cm³/mol. The molecule has 0 radical (unpaired) electrons. The molecule has 1 aromatic carbocycles. The Morgan fingerprint density at radius 2 is 2.16 bits per heavy atom. The van der Waals surface area contributed by atoms with Gasteiger partial charge in [-0.2, -0.15) is 5.10 Å². The Morgan fingerprint density at radius 3 is 2.79 bits per heavy atom. The minimum absolute atomic E-state index is 0.288. The number of halogens is 1. The molecule has 0 aliphatic heterocycles. The number of hydrogen-bond donors (Lipinski definition) is 1. The lowest BCUT2D eigenvalue weighted by Crippen LogP contribution is -2.04. The van der Waals surface area contributed by atoms with Crippen LogP contribution in [0, 0.1) is 5.82 Å². The zero-order chi connectivity index (χ0) is 13.8. The van der Waals surface area contributed by atoms with E-state index in [9.17, 15) is 4.39 Å². The van der Waals surface area contributed by atoms with E-state index in [4.69, 9.17) is 10.5 Å². The summed E-state index contributed by atoms with van der Waals surface area (Å²) in [7, 11) is 0. The van der Waals surface area contributed by atoms with Crippen molar-refractivity contribution in [2.45, 2.75) is 33.0 Å². The normalized spacial score (nSPS) is 11.0. The van der Waals surface area contributed by atoms with Gasteiger partial charge in [-0.15, -0.1) is 0 Å². The Bertz CT molecular complexity index is 551. The summed E-state index contributed by atoms with van der Waals surface area (Å²) >= 11 is 0. The van der Waals surface area contributed by atoms with E-state index < -0.39 is 0 Å². The van der Waals surface area contributed by atoms with E-state index in [1.807, 2.05) is 16.9 Å². The Balaban J connectivity index is 2.03. The molecule has 0 bridgehead atoms. The largest absolute Gasteiger partial charge is 0.487 e. The molecule has 4 nitrogen and oxygen atoms in total. The van der Waals surface area contributed by atoms with Gasteiger partial charge >= 0.3 is 0 Å². The van der Waals surface area contributed by atoms with Gasteiger partial charge in [-0.3, -0.25) is 4.68 Å². The highest BCUT2D eigenvalue weighted by molar-refractivity contribution is 5.29. The Kier molecular flexibility index (Phi) is 4.16. The molecule has 0 saturated heterocycles. The van der Waals surface area contributed by atoms with Crippen molar-refractivity contribution in [3.8, 4) is 5.75 Å². The van der Waals surface area contributed by atoms with E-state index in [0.717, 1.165) is 5.69 Å². The van der Waals surface area contributed by atoms with E-state index in [-0.39, 0.29) is 12.4 Å². The van der Waals surface area contributed by atoms with Crippen molar-refractivity contribution in [2.75, 3.05) is 0 Å². The van der Waals surface area contributed by atoms with Crippen LogP contribution in [0.1, 0.15) is 31.1 Å². The van der Waals surface area contributed by atoms with Crippen LogP contribution in [-0.2, 0) is 13.2 Å². The summed E-state index contributed by atoms with van der Waals surface area (Å²) in [5, 5.41) is 4.36. The van der Waals surface area contributed by atoms with Gasteiger partial charge in [0.05, 0.1) is 5.69 Å². The summed E-state index contributed by atoms with van der Waals surface area (Å²) in [4.78, 5) is 0. The molecule has 2 rings (SSSR count). The fourth-order valence-corrected chi connectivity index (χ4v) is 1.72. The first-order valence-corrected chi connectivity index (χ1v) is 6.25. The lowest BCUT2D eigenvalue weighted by Gasteiger charge is -2.07. The van der Waals surface area contributed by atoms with Crippen LogP contribution in [0.2, 0.25) is 0 Å². The number of nitrogens with zero attached hydrogens (tertiary/aromatic N) is 2. The van der Waals surface area contributed by atoms with Crippen molar-refractivity contribution in [1.29, 1.82) is 0 Å². The van der Waals surface area contributed by atoms with Crippen LogP contribution in [-0.4, -0.2) is 9.78 Å². The second kappa shape index (κ2) is 5.84. The van der Waals surface area contributed by atoms with E-state index in [1.54, 1.807) is 6.07 Å². The Hall–Kier alpha value is -1.88. The standard InChI is InChI=1S/C14H18FN3O/c1-10(2)18-4-3-13(17-18)9-19-14-6-11(8-16)5-12(15)7-14/h3-7,10H,8-9,16H2,1-2H3. The van der Waals surface area contributed by atoms with E-state index in [1.165, 1.54) is 12.1 Å². The maximum absolute atomic E-state index is 13.3. The van der Waals surface area contributed by atoms with Crippen LogP contribution < -0.4 is 10.5 Å². The molecule has 0 atom stereocenters. The summed E-state index contributed by atoms with van der Waals surface area (Å²) in [6.07, 6.45) is 1.90. The van der Waals surface area contributed by atoms with Gasteiger partial charge in [0.25, 0.3) is 0 Å². The highest BCUT2D eigenvalue weighted by Gasteiger charge is 2.05. The van der Waals surface area contributed by atoms with Crippen molar-refractivity contribution in [3.63, 3.8) is 0 Å². The topological polar surface area (TPSA) is 53.1 Å². The van der Waals surface area contributed by atoms with Gasteiger partial charge in [0, 0.05) is 24.8 Å². The average Bonchev–Trinajstić information content (AvgIpc) is 2.84. The molecule has 2 N–H and O–H groups in total. The first-order chi connectivity index (χ1) is 9.08. The van der Waals surface area contributed by atoms with Crippen LogP contribution in [0.5, 0.6) is 5.75 Å². The maximum atomic E-state index is 13.3. The smallest absolute Gasteiger partial charge is 0.132 e. The maximum Gasteiger partial charge on any atom is 0.132 e. The molecule has 0 fully saturated rings. The molecule has 19 heavy (non-hydrogen) atoms. The lowest BCUT2D eigenvalue weighted by molar-refractivity contribution is 0.297. The van der Waals surface area contributed by atoms with Crippen LogP contribution in [0.4, 0.5) is 4.39 Å². The molecule has 0 aliphatic carbocycles. The third-order valence-electron chi connectivity index (χ3n) is 2.75. The van der Waals surface area contributed by atoms with Crippen molar-refractivity contribution < 1.29 is 9.13 Å². The van der Waals surface area contributed by atoms with Gasteiger partial charge in [-0.1, -0.05) is 0 Å². The summed E-state index contributed by atoms with van der Waals surface area (Å²) in [5.41, 5.74) is 7.02. The fourth-order valence-electron chi connectivity index (χ4n) is 1.72. The fraction of sp³-hybridized carbons (Fsp3) is 0.357. The molecular formula is C14H18FN3O. The van der Waals surface area contributed by atoms with Crippen molar-refractivity contribution in [2.24, 2.45) is 5.73 Å². The number of ether oxygens (including phenoxy) is 1. The van der Waals surface area contributed by atoms with Gasteiger partial charge in [-0.05, 0) is 37.6 Å². The summed E-state index contributed by atoms with van der Waals surface area (Å²) < 4.78 is 20.7. The van der Waals surface area contributed by atoms with Crippen LogP contribution in [0.3, 0.4) is 0 Å². The second-order valence-electron chi connectivity index (χ2n) is 4.67. The Morgan fingerprint density at radius 1 is 1.37 bits per heavy atom. The molecule has 0 aliphatic rings. The second-order valence-corrected chi connectivity index (χ2v) is 4.67. The molecular weight excluding hydrogens is 245 g/mol. The van der Waals surface area contributed by atoms with Gasteiger partial charge in [-0.25, -0.2) is 4.39 Å². The molecule has 0 amide bonds. The number of hydrogen-bond acceptors (Lipinski definition) is 3. The number of aromatic nitrogens is 2. The monoisotopic (exact) mass is 263 g/mol. The van der Waals surface area contributed by atoms with Gasteiger partial charge in [0.2, 0.25) is 0 Å². The minimum atomic E-state index is -0.342. The quantitative estimate of drug-likeness (QED) is 0.902. The van der Waals surface area contributed by atoms with Gasteiger partial charge in [0.15, 0.2) is 0 Å². The van der Waals surface area contributed by atoms with Crippen molar-refractivity contribution >= 4 is 0 Å². The number of nitrogens with two attached hydrogens (primary N) is 1. The third-order valence-corrected chi connectivity index (χ3v) is 2.75. The molecule has 1 aromatic heterocycles. The summed E-state index contributed by atoms with van der Waals surface area (Å²) in [5.74, 6) is 0.130. The van der Waals surface area contributed by atoms with Gasteiger partial charge < -0.3 is 10.5 Å². The predicted octanol–water partition coefficient (Wildman–Crippen LogP) is 2.64. The highest BCUT2D eigenvalue weighted by Crippen LogP contribution is 2.17. The number of benzene rings is 1. The molecule has 2 aromatic rings. The van der Waals surface area contributed by atoms with Crippen LogP contribution >= 0.6 is 0 Å². The van der Waals surface area contributed by atoms with Gasteiger partial charge in [0.1, 0.15) is 18.2 Å². The van der Waals surface area contributed by atoms with E-state index in [2.05, 4.69) is 18.9 Å².